The van der Waals surface area contributed by atoms with E-state index < -0.39 is 24.7 Å². The zero-order valence-corrected chi connectivity index (χ0v) is 10.3. The molecule has 1 heterocycles. The van der Waals surface area contributed by atoms with E-state index in [4.69, 9.17) is 5.11 Å². The Labute approximate surface area is 106 Å². The van der Waals surface area contributed by atoms with Crippen LogP contribution < -0.4 is 5.32 Å². The first-order chi connectivity index (χ1) is 8.29. The van der Waals surface area contributed by atoms with E-state index in [1.165, 1.54) is 17.4 Å². The van der Waals surface area contributed by atoms with Crippen LogP contribution in [0.15, 0.2) is 18.2 Å². The van der Waals surface area contributed by atoms with Crippen molar-refractivity contribution in [1.82, 2.24) is 5.32 Å². The van der Waals surface area contributed by atoms with E-state index in [-0.39, 0.29) is 0 Å². The molecule has 0 aliphatic carbocycles. The maximum absolute atomic E-state index is 11.9. The van der Waals surface area contributed by atoms with Crippen molar-refractivity contribution in [2.45, 2.75) is 19.2 Å². The monoisotopic (exact) mass is 279 g/mol. The van der Waals surface area contributed by atoms with Crippen LogP contribution in [0, 0.1) is 6.92 Å². The van der Waals surface area contributed by atoms with Gasteiger partial charge in [0.2, 0.25) is 5.91 Å². The van der Waals surface area contributed by atoms with Crippen molar-refractivity contribution in [3.8, 4) is 0 Å². The minimum absolute atomic E-state index is 0.677. The van der Waals surface area contributed by atoms with Gasteiger partial charge in [-0.1, -0.05) is 0 Å². The number of rotatable bonds is 4. The predicted molar refractivity (Wildman–Crippen MR) is 63.2 cm³/mol. The molecule has 1 atom stereocenters. The van der Waals surface area contributed by atoms with Gasteiger partial charge in [0, 0.05) is 15.8 Å². The highest BCUT2D eigenvalue weighted by molar-refractivity contribution is 7.12. The van der Waals surface area contributed by atoms with Gasteiger partial charge in [-0.05, 0) is 25.1 Å². The molecule has 2 N–H and O–H groups in total. The van der Waals surface area contributed by atoms with Crippen molar-refractivity contribution in [2.75, 3.05) is 6.54 Å². The van der Waals surface area contributed by atoms with Gasteiger partial charge in [-0.2, -0.15) is 13.2 Å². The molecule has 0 aliphatic heterocycles. The lowest BCUT2D eigenvalue weighted by Crippen LogP contribution is -2.40. The van der Waals surface area contributed by atoms with Gasteiger partial charge in [0.05, 0.1) is 6.54 Å². The summed E-state index contributed by atoms with van der Waals surface area (Å²) in [6.45, 7) is 1.05. The molecule has 1 unspecified atom stereocenters. The number of aliphatic hydroxyl groups is 1. The summed E-state index contributed by atoms with van der Waals surface area (Å²) in [5.74, 6) is -0.677. The van der Waals surface area contributed by atoms with Crippen LogP contribution >= 0.6 is 11.3 Å². The lowest BCUT2D eigenvalue weighted by molar-refractivity contribution is -0.201. The highest BCUT2D eigenvalue weighted by Gasteiger charge is 2.37. The molecule has 1 aromatic heterocycles. The Bertz CT molecular complexity index is 440. The number of aliphatic hydroxyl groups excluding tert-OH is 1. The minimum Gasteiger partial charge on any atom is -0.382 e. The molecule has 3 nitrogen and oxygen atoms in total. The van der Waals surface area contributed by atoms with Gasteiger partial charge in [-0.25, -0.2) is 0 Å². The van der Waals surface area contributed by atoms with Gasteiger partial charge >= 0.3 is 6.18 Å². The van der Waals surface area contributed by atoms with Gasteiger partial charge in [-0.15, -0.1) is 11.3 Å². The topological polar surface area (TPSA) is 49.3 Å². The van der Waals surface area contributed by atoms with Crippen molar-refractivity contribution < 1.29 is 23.1 Å². The Hall–Kier alpha value is -1.34. The predicted octanol–water partition coefficient (Wildman–Crippen LogP) is 2.11. The Kier molecular flexibility index (Phi) is 4.92. The van der Waals surface area contributed by atoms with Crippen LogP contribution in [0.3, 0.4) is 0 Å². The first-order valence-corrected chi connectivity index (χ1v) is 5.88. The average Bonchev–Trinajstić information content (AvgIpc) is 2.67. The second-order valence-electron chi connectivity index (χ2n) is 3.58. The number of carbonyl (C=O) groups excluding carboxylic acids is 1. The Balaban J connectivity index is 2.41. The molecule has 0 bridgehead atoms. The van der Waals surface area contributed by atoms with Crippen LogP contribution in [0.2, 0.25) is 0 Å². The van der Waals surface area contributed by atoms with Crippen LogP contribution in [0.1, 0.15) is 9.75 Å². The van der Waals surface area contributed by atoms with Crippen LogP contribution in [0.4, 0.5) is 13.2 Å². The number of halogens is 3. The van der Waals surface area contributed by atoms with E-state index in [0.29, 0.717) is 0 Å². The molecular formula is C11H12F3NO2S. The van der Waals surface area contributed by atoms with Gasteiger partial charge in [-0.3, -0.25) is 4.79 Å². The third-order valence-electron chi connectivity index (χ3n) is 2.01. The third kappa shape index (κ3) is 4.89. The van der Waals surface area contributed by atoms with Crippen molar-refractivity contribution in [1.29, 1.82) is 0 Å². The second-order valence-corrected chi connectivity index (χ2v) is 4.90. The van der Waals surface area contributed by atoms with E-state index >= 15 is 0 Å². The molecule has 18 heavy (non-hydrogen) atoms. The summed E-state index contributed by atoms with van der Waals surface area (Å²) in [7, 11) is 0. The van der Waals surface area contributed by atoms with Crippen LogP contribution in [0.25, 0.3) is 6.08 Å². The van der Waals surface area contributed by atoms with E-state index in [1.54, 1.807) is 6.07 Å². The Morgan fingerprint density at radius 2 is 2.22 bits per heavy atom. The smallest absolute Gasteiger partial charge is 0.382 e. The van der Waals surface area contributed by atoms with Gasteiger partial charge in [0.25, 0.3) is 0 Å². The third-order valence-corrected chi connectivity index (χ3v) is 2.97. The molecule has 100 valence electrons. The van der Waals surface area contributed by atoms with E-state index in [1.807, 2.05) is 18.3 Å². The fourth-order valence-electron chi connectivity index (χ4n) is 1.07. The summed E-state index contributed by atoms with van der Waals surface area (Å²) >= 11 is 1.46. The number of thiophene rings is 1. The molecule has 1 aromatic rings. The standard InChI is InChI=1S/C11H12F3NO2S/c1-7-2-3-8(18-7)4-5-10(17)15-6-9(16)11(12,13)14/h2-5,9,16H,6H2,1H3,(H,15,17)/b5-4+. The summed E-state index contributed by atoms with van der Waals surface area (Å²) < 4.78 is 35.8. The van der Waals surface area contributed by atoms with Crippen molar-refractivity contribution in [2.24, 2.45) is 0 Å². The fourth-order valence-corrected chi connectivity index (χ4v) is 1.85. The fraction of sp³-hybridized carbons (Fsp3) is 0.364. The molecule has 0 aromatic carbocycles. The van der Waals surface area contributed by atoms with Gasteiger partial charge in [0.1, 0.15) is 0 Å². The SMILES string of the molecule is Cc1ccc(/C=C/C(=O)NCC(O)C(F)(F)F)s1. The molecule has 0 aliphatic rings. The van der Waals surface area contributed by atoms with E-state index in [0.717, 1.165) is 15.8 Å². The molecule has 7 heteroatoms. The normalized spacial score (nSPS) is 13.8. The quantitative estimate of drug-likeness (QED) is 0.829. The molecule has 0 fully saturated rings. The highest BCUT2D eigenvalue weighted by atomic mass is 32.1. The Morgan fingerprint density at radius 3 is 2.72 bits per heavy atom. The Morgan fingerprint density at radius 1 is 1.56 bits per heavy atom. The summed E-state index contributed by atoms with van der Waals surface area (Å²) in [6.07, 6.45) is -4.62. The number of nitrogens with one attached hydrogen (secondary N) is 1. The maximum Gasteiger partial charge on any atom is 0.416 e. The van der Waals surface area contributed by atoms with E-state index in [2.05, 4.69) is 0 Å². The lowest BCUT2D eigenvalue weighted by atomic mass is 10.3. The number of alkyl halides is 3. The largest absolute Gasteiger partial charge is 0.416 e. The second kappa shape index (κ2) is 6.01. The molecular weight excluding hydrogens is 267 g/mol. The lowest BCUT2D eigenvalue weighted by Gasteiger charge is -2.14. The average molecular weight is 279 g/mol. The summed E-state index contributed by atoms with van der Waals surface area (Å²) in [4.78, 5) is 13.1. The van der Waals surface area contributed by atoms with Crippen molar-refractivity contribution >= 4 is 23.3 Å². The zero-order chi connectivity index (χ0) is 13.8. The zero-order valence-electron chi connectivity index (χ0n) is 9.49. The number of hydrogen-bond acceptors (Lipinski definition) is 3. The maximum atomic E-state index is 11.9. The van der Waals surface area contributed by atoms with Gasteiger partial charge in [0.15, 0.2) is 6.10 Å². The van der Waals surface area contributed by atoms with Crippen molar-refractivity contribution in [3.63, 3.8) is 0 Å². The summed E-state index contributed by atoms with van der Waals surface area (Å²) in [5.41, 5.74) is 0. The molecule has 0 radical (unpaired) electrons. The van der Waals surface area contributed by atoms with Crippen LogP contribution in [-0.2, 0) is 4.79 Å². The number of aryl methyl sites for hydroxylation is 1. The first kappa shape index (κ1) is 14.7. The summed E-state index contributed by atoms with van der Waals surface area (Å²) in [5, 5.41) is 10.6. The molecule has 1 amide bonds. The van der Waals surface area contributed by atoms with Gasteiger partial charge < -0.3 is 10.4 Å². The van der Waals surface area contributed by atoms with E-state index in [9.17, 15) is 18.0 Å². The summed E-state index contributed by atoms with van der Waals surface area (Å²) in [6, 6.07) is 3.67. The molecule has 0 spiro atoms. The number of amides is 1. The van der Waals surface area contributed by atoms with Crippen LogP contribution in [-0.4, -0.2) is 29.8 Å². The first-order valence-electron chi connectivity index (χ1n) is 5.06. The molecule has 0 saturated heterocycles. The van der Waals surface area contributed by atoms with Crippen LogP contribution in [0.5, 0.6) is 0 Å². The minimum atomic E-state index is -4.72. The number of carbonyl (C=O) groups is 1. The molecule has 1 rings (SSSR count). The van der Waals surface area contributed by atoms with Crippen molar-refractivity contribution in [3.05, 3.63) is 28.0 Å². The number of hydrogen-bond donors (Lipinski definition) is 2. The highest BCUT2D eigenvalue weighted by Crippen LogP contribution is 2.19. The molecule has 0 saturated carbocycles.